The Labute approximate surface area is 216 Å². The monoisotopic (exact) mass is 510 g/mol. The highest BCUT2D eigenvalue weighted by Crippen LogP contribution is 2.47. The van der Waals surface area contributed by atoms with Crippen LogP contribution in [0.2, 0.25) is 0 Å². The van der Waals surface area contributed by atoms with Crippen molar-refractivity contribution in [2.75, 3.05) is 13.1 Å². The van der Waals surface area contributed by atoms with Gasteiger partial charge in [-0.3, -0.25) is 4.79 Å². The molecule has 0 spiro atoms. The van der Waals surface area contributed by atoms with Gasteiger partial charge < -0.3 is 19.9 Å². The van der Waals surface area contributed by atoms with Crippen LogP contribution in [0, 0.1) is 11.7 Å². The zero-order valence-corrected chi connectivity index (χ0v) is 21.0. The van der Waals surface area contributed by atoms with Crippen LogP contribution in [0.4, 0.5) is 4.39 Å². The summed E-state index contributed by atoms with van der Waals surface area (Å²) in [4.78, 5) is 20.9. The molecule has 2 N–H and O–H groups in total. The zero-order chi connectivity index (χ0) is 24.0. The number of carbonyl (C=O) groups is 1. The molecule has 3 aliphatic rings. The van der Waals surface area contributed by atoms with Crippen molar-refractivity contribution in [3.63, 3.8) is 0 Å². The number of hydrogen-bond acceptors (Lipinski definition) is 4. The third-order valence-electron chi connectivity index (χ3n) is 8.20. The number of nitrogens with zero attached hydrogens (tertiary/aromatic N) is 3. The topological polar surface area (TPSA) is 70.4 Å². The lowest BCUT2D eigenvalue weighted by Gasteiger charge is -2.52. The Morgan fingerprint density at radius 2 is 1.81 bits per heavy atom. The van der Waals surface area contributed by atoms with Gasteiger partial charge in [-0.25, -0.2) is 9.37 Å². The van der Waals surface area contributed by atoms with Gasteiger partial charge in [0.15, 0.2) is 5.82 Å². The molecule has 36 heavy (non-hydrogen) atoms. The standard InChI is InChI=1S/C28H31FN4O2.ClH/c29-21-12-10-19(11-13-21)25-24-18-30-15-17-32(24)26(31-25)27(34)33-16-14-28(35,20-6-2-1-3-7-20)22-8-4-5-9-23(22)33;/h1-3,6-7,10-13,22-23,30,35H,4-5,8-9,14-18H2;1H/t22-,23?,28-;/m0./s1. The minimum atomic E-state index is -0.918. The number of amides is 1. The third kappa shape index (κ3) is 4.13. The van der Waals surface area contributed by atoms with Crippen LogP contribution in [-0.4, -0.2) is 44.6 Å². The molecule has 0 bridgehead atoms. The van der Waals surface area contributed by atoms with E-state index in [1.807, 2.05) is 39.8 Å². The van der Waals surface area contributed by atoms with Crippen LogP contribution in [0.1, 0.15) is 54.0 Å². The Balaban J connectivity index is 0.00000267. The SMILES string of the molecule is Cl.O=C(c1nc(-c2ccc(F)cc2)c2n1CCNC2)N1CC[C@](O)(c2ccccc2)[C@H]2CCCCC21. The largest absolute Gasteiger partial charge is 0.385 e. The van der Waals surface area contributed by atoms with Crippen molar-refractivity contribution in [2.24, 2.45) is 5.92 Å². The van der Waals surface area contributed by atoms with Gasteiger partial charge >= 0.3 is 0 Å². The first-order chi connectivity index (χ1) is 17.1. The Hall–Kier alpha value is -2.74. The fraction of sp³-hybridized carbons (Fsp3) is 0.429. The van der Waals surface area contributed by atoms with Crippen molar-refractivity contribution in [3.8, 4) is 11.3 Å². The fourth-order valence-corrected chi connectivity index (χ4v) is 6.46. The van der Waals surface area contributed by atoms with Gasteiger partial charge in [-0.2, -0.15) is 0 Å². The molecule has 1 amide bonds. The van der Waals surface area contributed by atoms with Crippen LogP contribution in [-0.2, 0) is 18.7 Å². The smallest absolute Gasteiger partial charge is 0.290 e. The highest BCUT2D eigenvalue weighted by atomic mass is 35.5. The van der Waals surface area contributed by atoms with E-state index in [9.17, 15) is 14.3 Å². The van der Waals surface area contributed by atoms with Gasteiger partial charge in [-0.05, 0) is 49.1 Å². The molecule has 8 heteroatoms. The molecule has 6 nitrogen and oxygen atoms in total. The minimum absolute atomic E-state index is 0. The molecule has 2 aliphatic heterocycles. The van der Waals surface area contributed by atoms with Crippen LogP contribution in [0.3, 0.4) is 0 Å². The molecule has 1 unspecified atom stereocenters. The second-order valence-corrected chi connectivity index (χ2v) is 10.1. The van der Waals surface area contributed by atoms with Crippen molar-refractivity contribution in [3.05, 3.63) is 77.5 Å². The van der Waals surface area contributed by atoms with Crippen molar-refractivity contribution in [1.82, 2.24) is 19.8 Å². The van der Waals surface area contributed by atoms with Gasteiger partial charge in [0.1, 0.15) is 5.82 Å². The van der Waals surface area contributed by atoms with E-state index in [2.05, 4.69) is 5.32 Å². The molecule has 2 fully saturated rings. The number of rotatable bonds is 3. The number of fused-ring (bicyclic) bond motifs is 2. The van der Waals surface area contributed by atoms with E-state index in [0.29, 0.717) is 31.9 Å². The van der Waals surface area contributed by atoms with Crippen LogP contribution in [0.25, 0.3) is 11.3 Å². The van der Waals surface area contributed by atoms with Gasteiger partial charge in [-0.15, -0.1) is 12.4 Å². The number of benzene rings is 2. The van der Waals surface area contributed by atoms with Gasteiger partial charge in [-0.1, -0.05) is 43.2 Å². The Kier molecular flexibility index (Phi) is 6.90. The second kappa shape index (κ2) is 9.96. The quantitative estimate of drug-likeness (QED) is 0.544. The van der Waals surface area contributed by atoms with E-state index in [1.165, 1.54) is 12.1 Å². The summed E-state index contributed by atoms with van der Waals surface area (Å²) in [6.07, 6.45) is 4.44. The van der Waals surface area contributed by atoms with E-state index in [4.69, 9.17) is 4.98 Å². The predicted octanol–water partition coefficient (Wildman–Crippen LogP) is 4.51. The number of aliphatic hydroxyl groups is 1. The van der Waals surface area contributed by atoms with E-state index >= 15 is 0 Å². The average molecular weight is 511 g/mol. The summed E-state index contributed by atoms with van der Waals surface area (Å²) in [6.45, 7) is 2.55. The number of aromatic nitrogens is 2. The lowest BCUT2D eigenvalue weighted by molar-refractivity contribution is -0.110. The lowest BCUT2D eigenvalue weighted by Crippen LogP contribution is -2.59. The molecule has 1 saturated heterocycles. The summed E-state index contributed by atoms with van der Waals surface area (Å²) in [6, 6.07) is 16.2. The molecule has 6 rings (SSSR count). The number of hydrogen-bond donors (Lipinski definition) is 2. The molecule has 1 saturated carbocycles. The van der Waals surface area contributed by atoms with Crippen molar-refractivity contribution >= 4 is 18.3 Å². The molecule has 3 atom stereocenters. The number of piperidine rings is 1. The summed E-state index contributed by atoms with van der Waals surface area (Å²) in [5, 5.41) is 15.3. The summed E-state index contributed by atoms with van der Waals surface area (Å²) in [5.41, 5.74) is 2.54. The second-order valence-electron chi connectivity index (χ2n) is 10.1. The molecule has 1 aromatic heterocycles. The minimum Gasteiger partial charge on any atom is -0.385 e. The van der Waals surface area contributed by atoms with Crippen LogP contribution >= 0.6 is 12.4 Å². The van der Waals surface area contributed by atoms with E-state index < -0.39 is 5.60 Å². The maximum absolute atomic E-state index is 14.1. The first-order valence-corrected chi connectivity index (χ1v) is 12.7. The first kappa shape index (κ1) is 24.9. The van der Waals surface area contributed by atoms with E-state index in [0.717, 1.165) is 54.7 Å². The van der Waals surface area contributed by atoms with Gasteiger partial charge in [0.2, 0.25) is 0 Å². The molecule has 0 radical (unpaired) electrons. The van der Waals surface area contributed by atoms with Gasteiger partial charge in [0.25, 0.3) is 5.91 Å². The van der Waals surface area contributed by atoms with Gasteiger partial charge in [0, 0.05) is 43.7 Å². The van der Waals surface area contributed by atoms with Crippen molar-refractivity contribution in [2.45, 2.75) is 56.8 Å². The first-order valence-electron chi connectivity index (χ1n) is 12.7. The Morgan fingerprint density at radius 3 is 2.58 bits per heavy atom. The van der Waals surface area contributed by atoms with Gasteiger partial charge in [0.05, 0.1) is 17.0 Å². The highest BCUT2D eigenvalue weighted by molar-refractivity contribution is 5.92. The summed E-state index contributed by atoms with van der Waals surface area (Å²) in [7, 11) is 0. The number of halogens is 2. The van der Waals surface area contributed by atoms with Crippen LogP contribution in [0.5, 0.6) is 0 Å². The summed E-state index contributed by atoms with van der Waals surface area (Å²) >= 11 is 0. The highest BCUT2D eigenvalue weighted by Gasteiger charge is 2.50. The molecule has 1 aliphatic carbocycles. The van der Waals surface area contributed by atoms with E-state index in [-0.39, 0.29) is 36.1 Å². The summed E-state index contributed by atoms with van der Waals surface area (Å²) in [5.74, 6) is 0.105. The molecule has 3 aromatic rings. The Bertz CT molecular complexity index is 1230. The molecular formula is C28H32ClFN4O2. The number of nitrogens with one attached hydrogen (secondary N) is 1. The van der Waals surface area contributed by atoms with Crippen LogP contribution < -0.4 is 5.32 Å². The van der Waals surface area contributed by atoms with Crippen molar-refractivity contribution in [1.29, 1.82) is 0 Å². The molecule has 3 heterocycles. The number of likely N-dealkylation sites (tertiary alicyclic amines) is 1. The van der Waals surface area contributed by atoms with E-state index in [1.54, 1.807) is 12.1 Å². The average Bonchev–Trinajstić information content (AvgIpc) is 3.29. The summed E-state index contributed by atoms with van der Waals surface area (Å²) < 4.78 is 15.6. The van der Waals surface area contributed by atoms with Crippen molar-refractivity contribution < 1.29 is 14.3 Å². The number of carbonyl (C=O) groups excluding carboxylic acids is 1. The fourth-order valence-electron chi connectivity index (χ4n) is 6.46. The maximum atomic E-state index is 14.1. The Morgan fingerprint density at radius 1 is 1.06 bits per heavy atom. The zero-order valence-electron chi connectivity index (χ0n) is 20.2. The molecule has 190 valence electrons. The van der Waals surface area contributed by atoms with Crippen LogP contribution in [0.15, 0.2) is 54.6 Å². The normalized spacial score (nSPS) is 25.4. The third-order valence-corrected chi connectivity index (χ3v) is 8.20. The maximum Gasteiger partial charge on any atom is 0.290 e. The number of imidazole rings is 1. The predicted molar refractivity (Wildman–Crippen MR) is 138 cm³/mol. The molecule has 2 aromatic carbocycles. The lowest BCUT2D eigenvalue weighted by atomic mass is 9.66. The molecular weight excluding hydrogens is 479 g/mol.